The molecule has 1 aromatic rings. The quantitative estimate of drug-likeness (QED) is 0.803. The molecule has 2 atom stereocenters. The first-order valence-electron chi connectivity index (χ1n) is 4.71. The van der Waals surface area contributed by atoms with Crippen molar-refractivity contribution >= 4 is 49.4 Å². The van der Waals surface area contributed by atoms with Crippen molar-refractivity contribution in [3.8, 4) is 0 Å². The molecule has 0 saturated heterocycles. The average molecular weight is 370 g/mol. The normalized spacial score (nSPS) is 14.4. The predicted molar refractivity (Wildman–Crippen MR) is 73.3 cm³/mol. The lowest BCUT2D eigenvalue weighted by Gasteiger charge is -2.15. The minimum Gasteiger partial charge on any atom is -0.478 e. The van der Waals surface area contributed by atoms with E-state index in [0.717, 1.165) is 5.56 Å². The summed E-state index contributed by atoms with van der Waals surface area (Å²) < 4.78 is 0. The van der Waals surface area contributed by atoms with E-state index < -0.39 is 5.97 Å². The van der Waals surface area contributed by atoms with Crippen LogP contribution in [0.1, 0.15) is 15.9 Å². The van der Waals surface area contributed by atoms with Crippen LogP contribution < -0.4 is 0 Å². The number of hydrogen-bond donors (Lipinski definition) is 1. The van der Waals surface area contributed by atoms with Gasteiger partial charge in [-0.1, -0.05) is 50.1 Å². The van der Waals surface area contributed by atoms with Gasteiger partial charge in [0.15, 0.2) is 0 Å². The van der Waals surface area contributed by atoms with E-state index in [1.807, 2.05) is 12.1 Å². The maximum Gasteiger partial charge on any atom is 0.335 e. The van der Waals surface area contributed by atoms with Crippen LogP contribution in [0.3, 0.4) is 0 Å². The van der Waals surface area contributed by atoms with Gasteiger partial charge in [-0.05, 0) is 18.1 Å². The second kappa shape index (κ2) is 6.62. The van der Waals surface area contributed by atoms with E-state index in [2.05, 4.69) is 31.9 Å². The highest BCUT2D eigenvalue weighted by molar-refractivity contribution is 9.12. The molecule has 5 heteroatoms. The molecule has 0 fully saturated rings. The Balaban J connectivity index is 2.84. The van der Waals surface area contributed by atoms with E-state index in [-0.39, 0.29) is 9.65 Å². The fourth-order valence-electron chi connectivity index (χ4n) is 1.34. The Morgan fingerprint density at radius 3 is 2.50 bits per heavy atom. The summed E-state index contributed by atoms with van der Waals surface area (Å²) in [4.78, 5) is 11.2. The zero-order valence-electron chi connectivity index (χ0n) is 8.37. The molecule has 0 amide bonds. The number of carboxylic acid groups (broad SMARTS) is 1. The van der Waals surface area contributed by atoms with Gasteiger partial charge in [-0.2, -0.15) is 0 Å². The molecule has 88 valence electrons. The lowest BCUT2D eigenvalue weighted by atomic mass is 10.0. The molecule has 0 spiro atoms. The van der Waals surface area contributed by atoms with Crippen molar-refractivity contribution in [3.05, 3.63) is 35.4 Å². The lowest BCUT2D eigenvalue weighted by molar-refractivity contribution is 0.0695. The third kappa shape index (κ3) is 3.75. The average Bonchev–Trinajstić information content (AvgIpc) is 2.28. The Morgan fingerprint density at radius 1 is 1.31 bits per heavy atom. The molecule has 0 aromatic heterocycles. The zero-order valence-corrected chi connectivity index (χ0v) is 12.3. The highest BCUT2D eigenvalue weighted by atomic mass is 79.9. The second-order valence-corrected chi connectivity index (χ2v) is 6.01. The Kier molecular flexibility index (Phi) is 5.79. The van der Waals surface area contributed by atoms with E-state index in [1.165, 1.54) is 0 Å². The van der Waals surface area contributed by atoms with Crippen molar-refractivity contribution < 1.29 is 9.90 Å². The number of carbonyl (C=O) groups is 1. The van der Waals surface area contributed by atoms with E-state index in [4.69, 9.17) is 16.7 Å². The molecule has 0 aliphatic carbocycles. The number of benzene rings is 1. The van der Waals surface area contributed by atoms with E-state index in [9.17, 15) is 4.79 Å². The highest BCUT2D eigenvalue weighted by Crippen LogP contribution is 2.22. The van der Waals surface area contributed by atoms with Gasteiger partial charge in [0.25, 0.3) is 0 Å². The molecule has 0 heterocycles. The van der Waals surface area contributed by atoms with Gasteiger partial charge in [0.1, 0.15) is 0 Å². The monoisotopic (exact) mass is 368 g/mol. The number of alkyl halides is 3. The maximum absolute atomic E-state index is 11.0. The van der Waals surface area contributed by atoms with Crippen LogP contribution in [-0.4, -0.2) is 26.6 Å². The summed E-state index contributed by atoms with van der Waals surface area (Å²) in [6.45, 7) is 0. The van der Waals surface area contributed by atoms with Gasteiger partial charge >= 0.3 is 5.97 Å². The molecule has 0 bridgehead atoms. The standard InChI is InChI=1S/C11H11Br2ClO2/c12-9(10(13)6-14)5-7-3-1-2-4-8(7)11(15)16/h1-4,9-10H,5-6H2,(H,15,16). The van der Waals surface area contributed by atoms with Crippen LogP contribution in [0, 0.1) is 0 Å². The van der Waals surface area contributed by atoms with Crippen LogP contribution in [0.4, 0.5) is 0 Å². The van der Waals surface area contributed by atoms with Crippen molar-refractivity contribution in [2.45, 2.75) is 16.1 Å². The molecule has 2 nitrogen and oxygen atoms in total. The van der Waals surface area contributed by atoms with Crippen molar-refractivity contribution in [2.75, 3.05) is 5.88 Å². The second-order valence-electron chi connectivity index (χ2n) is 3.35. The first kappa shape index (κ1) is 14.0. The summed E-state index contributed by atoms with van der Waals surface area (Å²) in [5.74, 6) is -0.419. The third-order valence-corrected chi connectivity index (χ3v) is 5.54. The van der Waals surface area contributed by atoms with Crippen molar-refractivity contribution in [2.24, 2.45) is 0 Å². The third-order valence-electron chi connectivity index (χ3n) is 2.20. The summed E-state index contributed by atoms with van der Waals surface area (Å²) in [6, 6.07) is 7.00. The molecule has 1 N–H and O–H groups in total. The van der Waals surface area contributed by atoms with Gasteiger partial charge in [0.05, 0.1) is 5.56 Å². The van der Waals surface area contributed by atoms with Gasteiger partial charge in [0, 0.05) is 15.5 Å². The minimum absolute atomic E-state index is 0.116. The number of hydrogen-bond acceptors (Lipinski definition) is 1. The van der Waals surface area contributed by atoms with Crippen molar-refractivity contribution in [1.29, 1.82) is 0 Å². The summed E-state index contributed by atoms with van der Waals surface area (Å²) in [7, 11) is 0. The van der Waals surface area contributed by atoms with Gasteiger partial charge in [0.2, 0.25) is 0 Å². The van der Waals surface area contributed by atoms with Crippen LogP contribution in [0.15, 0.2) is 24.3 Å². The van der Waals surface area contributed by atoms with Crippen LogP contribution in [0.25, 0.3) is 0 Å². The van der Waals surface area contributed by atoms with E-state index in [0.29, 0.717) is 17.9 Å². The molecule has 0 saturated carbocycles. The maximum atomic E-state index is 11.0. The molecule has 16 heavy (non-hydrogen) atoms. The van der Waals surface area contributed by atoms with Crippen molar-refractivity contribution in [1.82, 2.24) is 0 Å². The van der Waals surface area contributed by atoms with Gasteiger partial charge < -0.3 is 5.11 Å². The Labute approximate surface area is 116 Å². The first-order valence-corrected chi connectivity index (χ1v) is 7.08. The molecule has 1 rings (SSSR count). The summed E-state index contributed by atoms with van der Waals surface area (Å²) in [5.41, 5.74) is 1.16. The Hall–Kier alpha value is -0.0600. The number of rotatable bonds is 5. The van der Waals surface area contributed by atoms with Gasteiger partial charge in [-0.25, -0.2) is 4.79 Å². The van der Waals surface area contributed by atoms with E-state index >= 15 is 0 Å². The molecular weight excluding hydrogens is 359 g/mol. The molecule has 0 radical (unpaired) electrons. The SMILES string of the molecule is O=C(O)c1ccccc1CC(Br)C(Br)CCl. The fourth-order valence-corrected chi connectivity index (χ4v) is 2.49. The van der Waals surface area contributed by atoms with Crippen molar-refractivity contribution in [3.63, 3.8) is 0 Å². The molecule has 0 aliphatic heterocycles. The predicted octanol–water partition coefficient (Wildman–Crippen LogP) is 3.69. The first-order chi connectivity index (χ1) is 7.56. The fraction of sp³-hybridized carbons (Fsp3) is 0.364. The van der Waals surface area contributed by atoms with Crippen LogP contribution >= 0.6 is 43.5 Å². The van der Waals surface area contributed by atoms with E-state index in [1.54, 1.807) is 12.1 Å². The summed E-state index contributed by atoms with van der Waals surface area (Å²) in [6.07, 6.45) is 0.630. The number of aromatic carboxylic acids is 1. The lowest BCUT2D eigenvalue weighted by Crippen LogP contribution is -2.19. The van der Waals surface area contributed by atoms with Gasteiger partial charge in [-0.3, -0.25) is 0 Å². The molecule has 2 unspecified atom stereocenters. The largest absolute Gasteiger partial charge is 0.478 e. The summed E-state index contributed by atoms with van der Waals surface area (Å²) in [5, 5.41) is 9.02. The molecular formula is C11H11Br2ClO2. The number of carboxylic acids is 1. The smallest absolute Gasteiger partial charge is 0.335 e. The Morgan fingerprint density at radius 2 is 1.94 bits per heavy atom. The summed E-state index contributed by atoms with van der Waals surface area (Å²) >= 11 is 12.7. The van der Waals surface area contributed by atoms with Crippen LogP contribution in [0.2, 0.25) is 0 Å². The molecule has 0 aliphatic rings. The van der Waals surface area contributed by atoms with Crippen LogP contribution in [-0.2, 0) is 6.42 Å². The highest BCUT2D eigenvalue weighted by Gasteiger charge is 2.18. The zero-order chi connectivity index (χ0) is 12.1. The van der Waals surface area contributed by atoms with Crippen LogP contribution in [0.5, 0.6) is 0 Å². The Bertz CT molecular complexity index is 371. The molecule has 1 aromatic carbocycles. The minimum atomic E-state index is -0.896. The topological polar surface area (TPSA) is 37.3 Å². The van der Waals surface area contributed by atoms with Gasteiger partial charge in [-0.15, -0.1) is 11.6 Å². The number of halogens is 3.